The van der Waals surface area contributed by atoms with Crippen molar-refractivity contribution < 1.29 is 22.4 Å². The molecule has 3 rings (SSSR count). The van der Waals surface area contributed by atoms with Gasteiger partial charge in [0.1, 0.15) is 11.2 Å². The Hall–Kier alpha value is -1.96. The van der Waals surface area contributed by atoms with E-state index in [4.69, 9.17) is 0 Å². The smallest absolute Gasteiger partial charge is 0.238 e. The van der Waals surface area contributed by atoms with Crippen molar-refractivity contribution in [1.82, 2.24) is 10.2 Å². The van der Waals surface area contributed by atoms with Gasteiger partial charge in [-0.2, -0.15) is 0 Å². The number of sulfone groups is 1. The molecule has 0 bridgehead atoms. The van der Waals surface area contributed by atoms with Crippen molar-refractivity contribution in [2.45, 2.75) is 38.8 Å². The molecule has 1 atom stereocenters. The number of carbonyl (C=O) groups excluding carboxylic acids is 2. The van der Waals surface area contributed by atoms with Crippen molar-refractivity contribution in [2.24, 2.45) is 5.41 Å². The number of rotatable bonds is 6. The summed E-state index contributed by atoms with van der Waals surface area (Å²) in [5.41, 5.74) is -0.772. The summed E-state index contributed by atoms with van der Waals surface area (Å²) in [6, 6.07) is 5.79. The summed E-state index contributed by atoms with van der Waals surface area (Å²) in [4.78, 5) is 27.1. The fourth-order valence-corrected chi connectivity index (χ4v) is 5.24. The van der Waals surface area contributed by atoms with Crippen LogP contribution in [0.4, 0.5) is 4.39 Å². The van der Waals surface area contributed by atoms with Gasteiger partial charge in [0.05, 0.1) is 11.5 Å². The minimum absolute atomic E-state index is 0.0183. The Morgan fingerprint density at radius 1 is 1.31 bits per heavy atom. The molecule has 1 saturated heterocycles. The molecular formula is C18H23FN2O4S. The van der Waals surface area contributed by atoms with Gasteiger partial charge in [-0.05, 0) is 32.3 Å². The fraction of sp³-hybridized carbons (Fsp3) is 0.556. The second-order valence-electron chi connectivity index (χ2n) is 7.00. The molecule has 1 N–H and O–H groups in total. The van der Waals surface area contributed by atoms with Crippen molar-refractivity contribution >= 4 is 21.7 Å². The first kappa shape index (κ1) is 18.8. The highest BCUT2D eigenvalue weighted by Crippen LogP contribution is 2.48. The van der Waals surface area contributed by atoms with Crippen LogP contribution in [0.15, 0.2) is 24.3 Å². The van der Waals surface area contributed by atoms with Gasteiger partial charge in [-0.3, -0.25) is 9.59 Å². The fourth-order valence-electron chi connectivity index (χ4n) is 3.51. The molecule has 1 aromatic rings. The number of benzene rings is 1. The predicted octanol–water partition coefficient (Wildman–Crippen LogP) is 1.26. The zero-order valence-corrected chi connectivity index (χ0v) is 15.5. The molecule has 1 saturated carbocycles. The number of hydrogen-bond donors (Lipinski definition) is 1. The molecule has 2 amide bonds. The van der Waals surface area contributed by atoms with E-state index in [1.165, 1.54) is 11.0 Å². The molecule has 1 aliphatic heterocycles. The summed E-state index contributed by atoms with van der Waals surface area (Å²) >= 11 is 0. The number of halogens is 1. The molecule has 6 nitrogen and oxygen atoms in total. The highest BCUT2D eigenvalue weighted by molar-refractivity contribution is 7.91. The molecule has 8 heteroatoms. The Labute approximate surface area is 152 Å². The van der Waals surface area contributed by atoms with Gasteiger partial charge in [-0.1, -0.05) is 18.2 Å². The third kappa shape index (κ3) is 3.60. The maximum absolute atomic E-state index is 13.7. The predicted molar refractivity (Wildman–Crippen MR) is 94.4 cm³/mol. The molecule has 26 heavy (non-hydrogen) atoms. The number of carbonyl (C=O) groups is 2. The number of nitrogens with zero attached hydrogens (tertiary/aromatic N) is 1. The van der Waals surface area contributed by atoms with Crippen molar-refractivity contribution in [3.05, 3.63) is 35.6 Å². The van der Waals surface area contributed by atoms with Crippen LogP contribution < -0.4 is 5.32 Å². The van der Waals surface area contributed by atoms with Crippen LogP contribution in [0.25, 0.3) is 0 Å². The SMILES string of the molecule is CCN(C(=O)C1(C(=O)NCc2ccccc2F)CC1)C1CCS(=O)(=O)C1. The summed E-state index contributed by atoms with van der Waals surface area (Å²) in [7, 11) is -3.12. The first-order valence-corrected chi connectivity index (χ1v) is 10.6. The van der Waals surface area contributed by atoms with Gasteiger partial charge in [0, 0.05) is 24.7 Å². The molecule has 1 aromatic carbocycles. The van der Waals surface area contributed by atoms with E-state index in [1.807, 2.05) is 0 Å². The summed E-state index contributed by atoms with van der Waals surface area (Å²) in [5.74, 6) is -1.10. The summed E-state index contributed by atoms with van der Waals surface area (Å²) < 4.78 is 37.1. The Kier molecular flexibility index (Phi) is 5.05. The van der Waals surface area contributed by atoms with E-state index < -0.39 is 27.0 Å². The monoisotopic (exact) mass is 382 g/mol. The number of amides is 2. The molecule has 2 fully saturated rings. The van der Waals surface area contributed by atoms with E-state index in [9.17, 15) is 22.4 Å². The summed E-state index contributed by atoms with van der Waals surface area (Å²) in [6.07, 6.45) is 1.28. The average Bonchev–Trinajstić information content (AvgIpc) is 3.34. The minimum Gasteiger partial charge on any atom is -0.351 e. The lowest BCUT2D eigenvalue weighted by Gasteiger charge is -2.30. The normalized spacial score (nSPS) is 22.6. The first-order chi connectivity index (χ1) is 12.3. The van der Waals surface area contributed by atoms with Crippen molar-refractivity contribution in [2.75, 3.05) is 18.1 Å². The maximum Gasteiger partial charge on any atom is 0.238 e. The summed E-state index contributed by atoms with van der Waals surface area (Å²) in [6.45, 7) is 2.17. The van der Waals surface area contributed by atoms with E-state index in [1.54, 1.807) is 25.1 Å². The molecule has 1 heterocycles. The van der Waals surface area contributed by atoms with Gasteiger partial charge in [0.25, 0.3) is 0 Å². The Balaban J connectivity index is 1.68. The highest BCUT2D eigenvalue weighted by atomic mass is 32.2. The lowest BCUT2D eigenvalue weighted by molar-refractivity contribution is -0.145. The standard InChI is InChI=1S/C18H23FN2O4S/c1-2-21(14-7-10-26(24,25)12-14)17(23)18(8-9-18)16(22)20-11-13-5-3-4-6-15(13)19/h3-6,14H,2,7-12H2,1H3,(H,20,22). The molecule has 1 aliphatic carbocycles. The van der Waals surface area contributed by atoms with Crippen LogP contribution in [0.1, 0.15) is 31.7 Å². The number of hydrogen-bond acceptors (Lipinski definition) is 4. The third-order valence-corrected chi connectivity index (χ3v) is 6.99. The Morgan fingerprint density at radius 2 is 2.00 bits per heavy atom. The van der Waals surface area contributed by atoms with E-state index in [0.717, 1.165) is 0 Å². The van der Waals surface area contributed by atoms with Gasteiger partial charge >= 0.3 is 0 Å². The van der Waals surface area contributed by atoms with Crippen LogP contribution in [0, 0.1) is 11.2 Å². The minimum atomic E-state index is -3.12. The quantitative estimate of drug-likeness (QED) is 0.751. The van der Waals surface area contributed by atoms with E-state index in [2.05, 4.69) is 5.32 Å². The molecule has 0 radical (unpaired) electrons. The Bertz CT molecular complexity index is 820. The first-order valence-electron chi connectivity index (χ1n) is 8.82. The van der Waals surface area contributed by atoms with Crippen LogP contribution in [0.3, 0.4) is 0 Å². The number of nitrogens with one attached hydrogen (secondary N) is 1. The van der Waals surface area contributed by atoms with Crippen molar-refractivity contribution in [3.63, 3.8) is 0 Å². The summed E-state index contributed by atoms with van der Waals surface area (Å²) in [5, 5.41) is 2.66. The second-order valence-corrected chi connectivity index (χ2v) is 9.23. The maximum atomic E-state index is 13.7. The van der Waals surface area contributed by atoms with Crippen LogP contribution in [0.5, 0.6) is 0 Å². The molecule has 142 valence electrons. The zero-order chi connectivity index (χ0) is 18.9. The van der Waals surface area contributed by atoms with Crippen LogP contribution in [-0.4, -0.2) is 49.2 Å². The van der Waals surface area contributed by atoms with Gasteiger partial charge in [0.15, 0.2) is 9.84 Å². The van der Waals surface area contributed by atoms with Gasteiger partial charge in [0.2, 0.25) is 11.8 Å². The van der Waals surface area contributed by atoms with Gasteiger partial charge in [-0.25, -0.2) is 12.8 Å². The largest absolute Gasteiger partial charge is 0.351 e. The van der Waals surface area contributed by atoms with Gasteiger partial charge in [-0.15, -0.1) is 0 Å². The van der Waals surface area contributed by atoms with E-state index in [-0.39, 0.29) is 30.0 Å². The van der Waals surface area contributed by atoms with Crippen LogP contribution in [0.2, 0.25) is 0 Å². The average molecular weight is 382 g/mol. The lowest BCUT2D eigenvalue weighted by Crippen LogP contribution is -2.49. The molecular weight excluding hydrogens is 359 g/mol. The van der Waals surface area contributed by atoms with Crippen molar-refractivity contribution in [3.8, 4) is 0 Å². The molecule has 0 aromatic heterocycles. The van der Waals surface area contributed by atoms with Crippen LogP contribution >= 0.6 is 0 Å². The molecule has 2 aliphatic rings. The van der Waals surface area contributed by atoms with Crippen LogP contribution in [-0.2, 0) is 26.0 Å². The molecule has 1 unspecified atom stereocenters. The van der Waals surface area contributed by atoms with Crippen molar-refractivity contribution in [1.29, 1.82) is 0 Å². The lowest BCUT2D eigenvalue weighted by atomic mass is 10.0. The molecule has 0 spiro atoms. The Morgan fingerprint density at radius 3 is 2.54 bits per heavy atom. The van der Waals surface area contributed by atoms with Gasteiger partial charge < -0.3 is 10.2 Å². The highest BCUT2D eigenvalue weighted by Gasteiger charge is 2.58. The topological polar surface area (TPSA) is 83.6 Å². The second kappa shape index (κ2) is 6.98. The van der Waals surface area contributed by atoms with E-state index >= 15 is 0 Å². The van der Waals surface area contributed by atoms with E-state index in [0.29, 0.717) is 31.4 Å². The zero-order valence-electron chi connectivity index (χ0n) is 14.7. The third-order valence-electron chi connectivity index (χ3n) is 5.24.